The second kappa shape index (κ2) is 61.5. The van der Waals surface area contributed by atoms with Crippen LogP contribution in [0.5, 0.6) is 0 Å². The van der Waals surface area contributed by atoms with Gasteiger partial charge in [-0.1, -0.05) is 234 Å². The van der Waals surface area contributed by atoms with Crippen LogP contribution in [-0.2, 0) is 42.2 Å². The summed E-state index contributed by atoms with van der Waals surface area (Å²) in [4.78, 5) is 48.8. The van der Waals surface area contributed by atoms with Crippen molar-refractivity contribution in [3.8, 4) is 0 Å². The molecule has 0 fully saturated rings. The number of ether oxygens (including phenoxy) is 3. The molecule has 0 amide bonds. The SMILES string of the molecule is CC/C=C\C/C=C\C/C=C\C/C=C\CCCCCCCCC(=O)OCC(COP(=O)(O)OCC(CO)OC(=O)CCCCCCC/C=C\CCCCCCCC)OC(=O)CCCCCCCC/C=C\C/C=C\C/C=C\CCCCC. The number of allylic oxidation sites excluding steroid dienone is 16. The zero-order valence-corrected chi connectivity index (χ0v) is 51.9. The van der Waals surface area contributed by atoms with Gasteiger partial charge in [0.15, 0.2) is 6.10 Å². The first-order chi connectivity index (χ1) is 39.2. The predicted molar refractivity (Wildman–Crippen MR) is 334 cm³/mol. The Morgan fingerprint density at radius 1 is 0.362 bits per heavy atom. The maximum Gasteiger partial charge on any atom is 0.472 e. The van der Waals surface area contributed by atoms with E-state index in [-0.39, 0.29) is 25.9 Å². The molecule has 11 nitrogen and oxygen atoms in total. The van der Waals surface area contributed by atoms with Crippen LogP contribution in [0, 0.1) is 0 Å². The third kappa shape index (κ3) is 59.0. The number of hydrogen-bond acceptors (Lipinski definition) is 10. The lowest BCUT2D eigenvalue weighted by Crippen LogP contribution is -2.30. The Bertz CT molecular complexity index is 1710. The van der Waals surface area contributed by atoms with Gasteiger partial charge in [-0.05, 0) is 122 Å². The molecule has 0 spiro atoms. The van der Waals surface area contributed by atoms with Gasteiger partial charge in [0, 0.05) is 19.3 Å². The Kier molecular flexibility index (Phi) is 58.7. The lowest BCUT2D eigenvalue weighted by molar-refractivity contribution is -0.161. The number of phosphoric ester groups is 1. The van der Waals surface area contributed by atoms with Crippen molar-refractivity contribution in [1.82, 2.24) is 0 Å². The molecule has 0 aromatic rings. The van der Waals surface area contributed by atoms with Crippen LogP contribution in [0.1, 0.15) is 278 Å². The van der Waals surface area contributed by atoms with Crippen LogP contribution in [-0.4, -0.2) is 66.5 Å². The third-order valence-corrected chi connectivity index (χ3v) is 14.4. The second-order valence-electron chi connectivity index (χ2n) is 21.2. The van der Waals surface area contributed by atoms with E-state index in [0.717, 1.165) is 154 Å². The summed E-state index contributed by atoms with van der Waals surface area (Å²) >= 11 is 0. The molecular formula is C68H117O11P. The van der Waals surface area contributed by atoms with Gasteiger partial charge in [-0.3, -0.25) is 23.4 Å². The standard InChI is InChI=1S/C68H117O11P/c1-4-7-10-13-16-19-22-25-28-30-32-34-37-39-42-45-48-51-54-57-66(70)75-61-65(79-68(72)59-56-53-50-47-44-41-38-35-33-31-29-26-23-20-17-14-11-8-5-2)63-77-80(73,74)76-62-64(60-69)78-67(71)58-55-52-49-46-43-40-36-27-24-21-18-15-12-9-6-3/h7,10,16-17,19-20,25-29,32-36,64-65,69H,4-6,8-9,11-15,18,21-24,30-31,37-63H2,1-3H3,(H,73,74)/b10-7-,19-16-,20-17-,28-25-,29-26-,34-32-,35-33-,36-27-. The summed E-state index contributed by atoms with van der Waals surface area (Å²) in [6, 6.07) is 0. The zero-order valence-electron chi connectivity index (χ0n) is 51.0. The van der Waals surface area contributed by atoms with Crippen LogP contribution in [0.3, 0.4) is 0 Å². The molecule has 12 heteroatoms. The average Bonchev–Trinajstić information content (AvgIpc) is 3.45. The van der Waals surface area contributed by atoms with Crippen molar-refractivity contribution in [2.45, 2.75) is 290 Å². The lowest BCUT2D eigenvalue weighted by atomic mass is 10.1. The summed E-state index contributed by atoms with van der Waals surface area (Å²) in [5, 5.41) is 9.85. The molecule has 0 radical (unpaired) electrons. The van der Waals surface area contributed by atoms with Crippen LogP contribution >= 0.6 is 7.82 Å². The van der Waals surface area contributed by atoms with Gasteiger partial charge in [0.25, 0.3) is 0 Å². The van der Waals surface area contributed by atoms with E-state index in [4.69, 9.17) is 23.3 Å². The average molecular weight is 1140 g/mol. The molecule has 0 bridgehead atoms. The largest absolute Gasteiger partial charge is 0.472 e. The van der Waals surface area contributed by atoms with E-state index < -0.39 is 57.8 Å². The third-order valence-electron chi connectivity index (χ3n) is 13.5. The number of phosphoric acid groups is 1. The van der Waals surface area contributed by atoms with Gasteiger partial charge in [0.05, 0.1) is 19.8 Å². The topological polar surface area (TPSA) is 155 Å². The highest BCUT2D eigenvalue weighted by molar-refractivity contribution is 7.47. The van der Waals surface area contributed by atoms with Gasteiger partial charge < -0.3 is 24.2 Å². The highest BCUT2D eigenvalue weighted by Gasteiger charge is 2.28. The molecule has 0 aromatic heterocycles. The molecule has 0 aliphatic heterocycles. The first-order valence-electron chi connectivity index (χ1n) is 32.1. The Morgan fingerprint density at radius 3 is 1.04 bits per heavy atom. The maximum absolute atomic E-state index is 13.0. The Balaban J connectivity index is 4.77. The Hall–Kier alpha value is -3.60. The summed E-state index contributed by atoms with van der Waals surface area (Å²) < 4.78 is 39.7. The van der Waals surface area contributed by atoms with Crippen molar-refractivity contribution in [2.24, 2.45) is 0 Å². The second-order valence-corrected chi connectivity index (χ2v) is 22.6. The van der Waals surface area contributed by atoms with Gasteiger partial charge in [0.1, 0.15) is 12.7 Å². The molecule has 0 aliphatic rings. The number of esters is 3. The molecule has 0 aliphatic carbocycles. The van der Waals surface area contributed by atoms with E-state index in [1.54, 1.807) is 0 Å². The van der Waals surface area contributed by atoms with Gasteiger partial charge in [-0.25, -0.2) is 4.57 Å². The van der Waals surface area contributed by atoms with E-state index in [1.807, 2.05) is 0 Å². The summed E-state index contributed by atoms with van der Waals surface area (Å²) in [7, 11) is -4.77. The number of aliphatic hydroxyl groups excluding tert-OH is 1. The van der Waals surface area contributed by atoms with Crippen molar-refractivity contribution in [3.63, 3.8) is 0 Å². The van der Waals surface area contributed by atoms with E-state index in [2.05, 4.69) is 118 Å². The molecular weight excluding hydrogens is 1020 g/mol. The van der Waals surface area contributed by atoms with Gasteiger partial charge in [-0.2, -0.15) is 0 Å². The van der Waals surface area contributed by atoms with E-state index in [9.17, 15) is 28.9 Å². The monoisotopic (exact) mass is 1140 g/mol. The van der Waals surface area contributed by atoms with E-state index >= 15 is 0 Å². The number of rotatable bonds is 59. The maximum atomic E-state index is 13.0. The number of hydrogen-bond donors (Lipinski definition) is 2. The number of unbranched alkanes of at least 4 members (excludes halogenated alkanes) is 26. The summed E-state index contributed by atoms with van der Waals surface area (Å²) in [6.45, 7) is 4.48. The molecule has 3 unspecified atom stereocenters. The van der Waals surface area contributed by atoms with Crippen molar-refractivity contribution in [3.05, 3.63) is 97.2 Å². The highest BCUT2D eigenvalue weighted by atomic mass is 31.2. The molecule has 460 valence electrons. The van der Waals surface area contributed by atoms with Crippen molar-refractivity contribution in [1.29, 1.82) is 0 Å². The van der Waals surface area contributed by atoms with Gasteiger partial charge in [-0.15, -0.1) is 0 Å². The first kappa shape index (κ1) is 76.4. The lowest BCUT2D eigenvalue weighted by Gasteiger charge is -2.21. The summed E-state index contributed by atoms with van der Waals surface area (Å²) in [5.41, 5.74) is 0. The van der Waals surface area contributed by atoms with E-state index in [1.165, 1.54) is 64.2 Å². The minimum Gasteiger partial charge on any atom is -0.462 e. The quantitative estimate of drug-likeness (QED) is 0.0197. The van der Waals surface area contributed by atoms with Gasteiger partial charge >= 0.3 is 25.7 Å². The normalized spacial score (nSPS) is 13.9. The molecule has 0 aromatic carbocycles. The molecule has 80 heavy (non-hydrogen) atoms. The fourth-order valence-corrected chi connectivity index (χ4v) is 9.37. The molecule has 0 saturated heterocycles. The first-order valence-corrected chi connectivity index (χ1v) is 33.6. The highest BCUT2D eigenvalue weighted by Crippen LogP contribution is 2.43. The molecule has 0 heterocycles. The van der Waals surface area contributed by atoms with Crippen molar-refractivity contribution >= 4 is 25.7 Å². The minimum absolute atomic E-state index is 0.145. The molecule has 2 N–H and O–H groups in total. The molecule has 0 saturated carbocycles. The van der Waals surface area contributed by atoms with Crippen LogP contribution in [0.4, 0.5) is 0 Å². The minimum atomic E-state index is -4.77. The summed E-state index contributed by atoms with van der Waals surface area (Å²) in [6.07, 6.45) is 73.5. The van der Waals surface area contributed by atoms with Crippen LogP contribution in [0.25, 0.3) is 0 Å². The summed E-state index contributed by atoms with van der Waals surface area (Å²) in [5.74, 6) is -1.50. The van der Waals surface area contributed by atoms with E-state index in [0.29, 0.717) is 19.3 Å². The molecule has 3 atom stereocenters. The van der Waals surface area contributed by atoms with Crippen LogP contribution < -0.4 is 0 Å². The van der Waals surface area contributed by atoms with Crippen molar-refractivity contribution in [2.75, 3.05) is 26.4 Å². The number of carbonyl (C=O) groups excluding carboxylic acids is 3. The fraction of sp³-hybridized carbons (Fsp3) is 0.721. The Labute approximate surface area is 489 Å². The van der Waals surface area contributed by atoms with Crippen molar-refractivity contribution < 1.29 is 52.2 Å². The number of carbonyl (C=O) groups is 3. The molecule has 0 rings (SSSR count). The zero-order chi connectivity index (χ0) is 58.3. The predicted octanol–water partition coefficient (Wildman–Crippen LogP) is 19.6. The smallest absolute Gasteiger partial charge is 0.462 e. The number of aliphatic hydroxyl groups is 1. The van der Waals surface area contributed by atoms with Crippen LogP contribution in [0.15, 0.2) is 97.2 Å². The fourth-order valence-electron chi connectivity index (χ4n) is 8.58. The van der Waals surface area contributed by atoms with Crippen LogP contribution in [0.2, 0.25) is 0 Å². The van der Waals surface area contributed by atoms with Gasteiger partial charge in [0.2, 0.25) is 0 Å². The Morgan fingerprint density at radius 2 is 0.650 bits per heavy atom.